The monoisotopic (exact) mass is 240 g/mol. The molecule has 0 saturated heterocycles. The van der Waals surface area contributed by atoms with E-state index in [4.69, 9.17) is 28.8 Å². The molecule has 0 aliphatic heterocycles. The molecule has 0 amide bonds. The summed E-state index contributed by atoms with van der Waals surface area (Å²) in [7, 11) is 5.78. The summed E-state index contributed by atoms with van der Waals surface area (Å²) in [5.41, 5.74) is 10.3. The Kier molecular flexibility index (Phi) is 5.44. The van der Waals surface area contributed by atoms with Crippen LogP contribution >= 0.6 is 0 Å². The first-order valence-electron chi connectivity index (χ1n) is 5.57. The van der Waals surface area contributed by atoms with Crippen molar-refractivity contribution in [3.05, 3.63) is 0 Å². The fourth-order valence-corrected chi connectivity index (χ4v) is 1.92. The molecule has 0 aromatic carbocycles. The van der Waals surface area contributed by atoms with Crippen molar-refractivity contribution in [2.24, 2.45) is 17.4 Å². The second-order valence-corrected chi connectivity index (χ2v) is 4.11. The molecule has 3 unspecified atom stereocenters. The molecule has 17 heavy (non-hydrogen) atoms. The summed E-state index contributed by atoms with van der Waals surface area (Å²) in [6, 6.07) is 0. The Bertz CT molecular complexity index is 287. The lowest BCUT2D eigenvalue weighted by atomic mass is 9.85. The number of rotatable bonds is 5. The van der Waals surface area contributed by atoms with Crippen molar-refractivity contribution >= 4 is 19.8 Å². The van der Waals surface area contributed by atoms with E-state index in [9.17, 15) is 9.59 Å². The highest BCUT2D eigenvalue weighted by atomic mass is 16.6. The summed E-state index contributed by atoms with van der Waals surface area (Å²) < 4.78 is 10.1. The Labute approximate surface area is 101 Å². The first kappa shape index (κ1) is 14.0. The van der Waals surface area contributed by atoms with Gasteiger partial charge in [0, 0.05) is 5.92 Å². The van der Waals surface area contributed by atoms with Gasteiger partial charge < -0.3 is 20.9 Å². The average molecular weight is 240 g/mol. The second kappa shape index (κ2) is 6.61. The van der Waals surface area contributed by atoms with Crippen molar-refractivity contribution in [3.8, 4) is 0 Å². The van der Waals surface area contributed by atoms with Gasteiger partial charge in [-0.15, -0.1) is 0 Å². The van der Waals surface area contributed by atoms with Crippen LogP contribution in [0.4, 0.5) is 0 Å². The predicted molar refractivity (Wildman–Crippen MR) is 61.2 cm³/mol. The molecule has 0 aromatic heterocycles. The van der Waals surface area contributed by atoms with Crippen LogP contribution in [0.15, 0.2) is 0 Å². The normalized spacial score (nSPS) is 27.8. The average Bonchev–Trinajstić information content (AvgIpc) is 2.66. The summed E-state index contributed by atoms with van der Waals surface area (Å²) in [6.45, 7) is -0.153. The molecule has 0 spiro atoms. The summed E-state index contributed by atoms with van der Waals surface area (Å²) in [5.74, 6) is -1.07. The number of carbonyl (C=O) groups is 2. The van der Waals surface area contributed by atoms with E-state index < -0.39 is 11.9 Å². The Hall–Kier alpha value is -1.08. The predicted octanol–water partition coefficient (Wildman–Crippen LogP) is -1.27. The zero-order chi connectivity index (χ0) is 12.8. The molecule has 4 N–H and O–H groups in total. The number of esters is 2. The van der Waals surface area contributed by atoms with Gasteiger partial charge in [-0.05, 0) is 12.8 Å². The molecule has 94 valence electrons. The van der Waals surface area contributed by atoms with Crippen LogP contribution in [0.5, 0.6) is 0 Å². The zero-order valence-corrected chi connectivity index (χ0v) is 9.63. The maximum absolute atomic E-state index is 11.1. The largest absolute Gasteiger partial charge is 0.464 e. The molecule has 1 fully saturated rings. The van der Waals surface area contributed by atoms with Gasteiger partial charge in [-0.25, -0.2) is 0 Å². The Morgan fingerprint density at radius 3 is 2.41 bits per heavy atom. The van der Waals surface area contributed by atoms with Gasteiger partial charge in [-0.2, -0.15) is 0 Å². The number of carbonyl (C=O) groups excluding carboxylic acids is 2. The van der Waals surface area contributed by atoms with E-state index in [-0.39, 0.29) is 37.5 Å². The van der Waals surface area contributed by atoms with E-state index in [1.165, 1.54) is 0 Å². The third-order valence-electron chi connectivity index (χ3n) is 2.74. The van der Waals surface area contributed by atoms with Gasteiger partial charge in [-0.3, -0.25) is 9.59 Å². The minimum Gasteiger partial charge on any atom is -0.464 e. The second-order valence-electron chi connectivity index (χ2n) is 4.11. The standard InChI is InChI=1S/C10H17BN2O4/c11-7-1-6(5-16-9(14)3-12)8(2-7)17-10(15)4-13/h6-8H,1-5,12-13H2. The van der Waals surface area contributed by atoms with Crippen LogP contribution in [0, 0.1) is 5.92 Å². The lowest BCUT2D eigenvalue weighted by Gasteiger charge is -2.19. The summed E-state index contributed by atoms with van der Waals surface area (Å²) in [4.78, 5) is 22.0. The maximum atomic E-state index is 11.1. The highest BCUT2D eigenvalue weighted by Crippen LogP contribution is 2.35. The van der Waals surface area contributed by atoms with E-state index in [0.29, 0.717) is 12.8 Å². The highest BCUT2D eigenvalue weighted by molar-refractivity contribution is 6.11. The number of nitrogens with two attached hydrogens (primary N) is 2. The van der Waals surface area contributed by atoms with Gasteiger partial charge in [0.25, 0.3) is 0 Å². The Morgan fingerprint density at radius 2 is 1.82 bits per heavy atom. The van der Waals surface area contributed by atoms with E-state index in [1.54, 1.807) is 0 Å². The van der Waals surface area contributed by atoms with E-state index in [2.05, 4.69) is 0 Å². The third-order valence-corrected chi connectivity index (χ3v) is 2.74. The molecule has 2 radical (unpaired) electrons. The van der Waals surface area contributed by atoms with Crippen LogP contribution in [-0.2, 0) is 19.1 Å². The molecule has 0 bridgehead atoms. The van der Waals surface area contributed by atoms with Crippen LogP contribution in [0.3, 0.4) is 0 Å². The van der Waals surface area contributed by atoms with Gasteiger partial charge in [0.1, 0.15) is 6.10 Å². The van der Waals surface area contributed by atoms with Crippen molar-refractivity contribution < 1.29 is 19.1 Å². The minimum absolute atomic E-state index is 0.0489. The van der Waals surface area contributed by atoms with Crippen molar-refractivity contribution in [2.75, 3.05) is 19.7 Å². The molecule has 1 saturated carbocycles. The van der Waals surface area contributed by atoms with Crippen molar-refractivity contribution in [3.63, 3.8) is 0 Å². The van der Waals surface area contributed by atoms with Crippen LogP contribution in [-0.4, -0.2) is 45.6 Å². The van der Waals surface area contributed by atoms with Crippen LogP contribution in [0.1, 0.15) is 12.8 Å². The molecule has 1 aliphatic carbocycles. The van der Waals surface area contributed by atoms with Gasteiger partial charge in [0.2, 0.25) is 0 Å². The quantitative estimate of drug-likeness (QED) is 0.458. The summed E-state index contributed by atoms with van der Waals surface area (Å²) >= 11 is 0. The van der Waals surface area contributed by atoms with E-state index >= 15 is 0 Å². The van der Waals surface area contributed by atoms with Crippen molar-refractivity contribution in [2.45, 2.75) is 24.8 Å². The van der Waals surface area contributed by atoms with Gasteiger partial charge in [-0.1, -0.05) is 5.82 Å². The molecule has 7 heteroatoms. The third kappa shape index (κ3) is 4.36. The molecular formula is C10H17BN2O4. The SMILES string of the molecule is [B]C1CC(COC(=O)CN)C(OC(=O)CN)C1. The molecule has 1 rings (SSSR count). The van der Waals surface area contributed by atoms with E-state index in [0.717, 1.165) is 0 Å². The molecular weight excluding hydrogens is 223 g/mol. The number of hydrogen-bond donors (Lipinski definition) is 2. The first-order valence-corrected chi connectivity index (χ1v) is 5.57. The zero-order valence-electron chi connectivity index (χ0n) is 9.63. The molecule has 6 nitrogen and oxygen atoms in total. The topological polar surface area (TPSA) is 105 Å². The van der Waals surface area contributed by atoms with Gasteiger partial charge in [0.05, 0.1) is 27.5 Å². The highest BCUT2D eigenvalue weighted by Gasteiger charge is 2.35. The fourth-order valence-electron chi connectivity index (χ4n) is 1.92. The van der Waals surface area contributed by atoms with Crippen LogP contribution in [0.25, 0.3) is 0 Å². The van der Waals surface area contributed by atoms with E-state index in [1.807, 2.05) is 0 Å². The van der Waals surface area contributed by atoms with Crippen molar-refractivity contribution in [1.29, 1.82) is 0 Å². The number of hydrogen-bond acceptors (Lipinski definition) is 6. The van der Waals surface area contributed by atoms with Crippen molar-refractivity contribution in [1.82, 2.24) is 0 Å². The molecule has 0 heterocycles. The summed E-state index contributed by atoms with van der Waals surface area (Å²) in [5, 5.41) is 0. The molecule has 3 atom stereocenters. The molecule has 0 aromatic rings. The Morgan fingerprint density at radius 1 is 1.18 bits per heavy atom. The number of ether oxygens (including phenoxy) is 2. The minimum atomic E-state index is -0.477. The Balaban J connectivity index is 2.44. The summed E-state index contributed by atoms with van der Waals surface area (Å²) in [6.07, 6.45) is 0.892. The van der Waals surface area contributed by atoms with Gasteiger partial charge >= 0.3 is 11.9 Å². The molecule has 1 aliphatic rings. The van der Waals surface area contributed by atoms with Gasteiger partial charge in [0.15, 0.2) is 0 Å². The van der Waals surface area contributed by atoms with Crippen LogP contribution in [0.2, 0.25) is 5.82 Å². The lowest BCUT2D eigenvalue weighted by Crippen LogP contribution is -2.30. The smallest absolute Gasteiger partial charge is 0.319 e. The first-order chi connectivity index (χ1) is 8.06. The fraction of sp³-hybridized carbons (Fsp3) is 0.800. The lowest BCUT2D eigenvalue weighted by molar-refractivity contribution is -0.152. The van der Waals surface area contributed by atoms with Crippen LogP contribution < -0.4 is 11.5 Å². The maximum Gasteiger partial charge on any atom is 0.319 e.